The number of pyridine rings is 1. The predicted molar refractivity (Wildman–Crippen MR) is 65.5 cm³/mol. The fourth-order valence-corrected chi connectivity index (χ4v) is 1.50. The summed E-state index contributed by atoms with van der Waals surface area (Å²) in [5.41, 5.74) is 8.63. The molecular weight excluding hydrogens is 218 g/mol. The zero-order chi connectivity index (χ0) is 12.4. The van der Waals surface area contributed by atoms with Crippen molar-refractivity contribution < 1.29 is 4.92 Å². The SMILES string of the molecule is Cc1cc(-c2cccc([N+](=O)[O-])c2)ncc1N. The molecule has 0 fully saturated rings. The van der Waals surface area contributed by atoms with E-state index in [-0.39, 0.29) is 5.69 Å². The Morgan fingerprint density at radius 3 is 2.76 bits per heavy atom. The van der Waals surface area contributed by atoms with Crippen molar-refractivity contribution in [2.45, 2.75) is 6.92 Å². The number of nitrogens with two attached hydrogens (primary N) is 1. The number of non-ortho nitro benzene ring substituents is 1. The summed E-state index contributed by atoms with van der Waals surface area (Å²) in [6.45, 7) is 1.87. The van der Waals surface area contributed by atoms with Crippen molar-refractivity contribution in [1.82, 2.24) is 4.98 Å². The largest absolute Gasteiger partial charge is 0.397 e. The van der Waals surface area contributed by atoms with Gasteiger partial charge in [-0.1, -0.05) is 12.1 Å². The predicted octanol–water partition coefficient (Wildman–Crippen LogP) is 2.55. The first-order valence-corrected chi connectivity index (χ1v) is 5.05. The number of hydrogen-bond acceptors (Lipinski definition) is 4. The van der Waals surface area contributed by atoms with Crippen LogP contribution in [-0.4, -0.2) is 9.91 Å². The van der Waals surface area contributed by atoms with Crippen molar-refractivity contribution in [1.29, 1.82) is 0 Å². The Labute approximate surface area is 98.1 Å². The monoisotopic (exact) mass is 229 g/mol. The second-order valence-corrected chi connectivity index (χ2v) is 3.73. The van der Waals surface area contributed by atoms with Crippen LogP contribution in [0, 0.1) is 17.0 Å². The number of nitro groups is 1. The Kier molecular flexibility index (Phi) is 2.74. The summed E-state index contributed by atoms with van der Waals surface area (Å²) in [6.07, 6.45) is 1.56. The normalized spacial score (nSPS) is 10.2. The van der Waals surface area contributed by atoms with Crippen LogP contribution in [0.5, 0.6) is 0 Å². The lowest BCUT2D eigenvalue weighted by molar-refractivity contribution is -0.384. The van der Waals surface area contributed by atoms with Crippen LogP contribution in [0.3, 0.4) is 0 Å². The Hall–Kier alpha value is -2.43. The maximum Gasteiger partial charge on any atom is 0.270 e. The number of nitro benzene ring substituents is 1. The second kappa shape index (κ2) is 4.21. The Balaban J connectivity index is 2.49. The maximum atomic E-state index is 10.7. The lowest BCUT2D eigenvalue weighted by atomic mass is 10.1. The Morgan fingerprint density at radius 1 is 1.35 bits per heavy atom. The molecule has 0 amide bonds. The van der Waals surface area contributed by atoms with Crippen molar-refractivity contribution >= 4 is 11.4 Å². The number of anilines is 1. The molecule has 1 heterocycles. The quantitative estimate of drug-likeness (QED) is 0.633. The summed E-state index contributed by atoms with van der Waals surface area (Å²) in [6, 6.07) is 8.19. The van der Waals surface area contributed by atoms with E-state index >= 15 is 0 Å². The van der Waals surface area contributed by atoms with Gasteiger partial charge < -0.3 is 5.73 Å². The van der Waals surface area contributed by atoms with Crippen LogP contribution in [0.1, 0.15) is 5.56 Å². The van der Waals surface area contributed by atoms with E-state index in [1.165, 1.54) is 12.1 Å². The van der Waals surface area contributed by atoms with Crippen LogP contribution in [0.4, 0.5) is 11.4 Å². The number of hydrogen-bond donors (Lipinski definition) is 1. The number of rotatable bonds is 2. The first kappa shape index (κ1) is 11.1. The molecule has 17 heavy (non-hydrogen) atoms. The second-order valence-electron chi connectivity index (χ2n) is 3.73. The number of aromatic nitrogens is 1. The molecule has 0 aliphatic rings. The highest BCUT2D eigenvalue weighted by Gasteiger charge is 2.08. The molecule has 0 unspecified atom stereocenters. The Bertz CT molecular complexity index is 582. The van der Waals surface area contributed by atoms with E-state index in [1.54, 1.807) is 18.3 Å². The van der Waals surface area contributed by atoms with Gasteiger partial charge in [0.2, 0.25) is 0 Å². The summed E-state index contributed by atoms with van der Waals surface area (Å²) in [5.74, 6) is 0. The van der Waals surface area contributed by atoms with Gasteiger partial charge >= 0.3 is 0 Å². The van der Waals surface area contributed by atoms with E-state index in [2.05, 4.69) is 4.98 Å². The van der Waals surface area contributed by atoms with Crippen molar-refractivity contribution in [2.24, 2.45) is 0 Å². The van der Waals surface area contributed by atoms with Crippen LogP contribution in [0.25, 0.3) is 11.3 Å². The fraction of sp³-hybridized carbons (Fsp3) is 0.0833. The summed E-state index contributed by atoms with van der Waals surface area (Å²) in [4.78, 5) is 14.4. The smallest absolute Gasteiger partial charge is 0.270 e. The third-order valence-electron chi connectivity index (χ3n) is 2.50. The van der Waals surface area contributed by atoms with Gasteiger partial charge in [0.25, 0.3) is 5.69 Å². The van der Waals surface area contributed by atoms with Crippen molar-refractivity contribution in [3.05, 3.63) is 52.2 Å². The first-order chi connectivity index (χ1) is 8.08. The number of aryl methyl sites for hydroxylation is 1. The molecule has 0 aliphatic heterocycles. The third kappa shape index (κ3) is 2.23. The summed E-state index contributed by atoms with van der Waals surface area (Å²) in [5, 5.41) is 10.7. The van der Waals surface area contributed by atoms with E-state index in [4.69, 9.17) is 5.73 Å². The molecule has 0 saturated carbocycles. The molecule has 0 aliphatic carbocycles. The van der Waals surface area contributed by atoms with E-state index < -0.39 is 4.92 Å². The number of nitrogen functional groups attached to an aromatic ring is 1. The molecule has 5 heteroatoms. The molecule has 0 atom stereocenters. The first-order valence-electron chi connectivity index (χ1n) is 5.05. The van der Waals surface area contributed by atoms with Crippen LogP contribution in [-0.2, 0) is 0 Å². The Morgan fingerprint density at radius 2 is 2.12 bits per heavy atom. The maximum absolute atomic E-state index is 10.7. The average molecular weight is 229 g/mol. The fourth-order valence-electron chi connectivity index (χ4n) is 1.50. The molecule has 1 aromatic carbocycles. The van der Waals surface area contributed by atoms with Gasteiger partial charge in [-0.3, -0.25) is 15.1 Å². The average Bonchev–Trinajstić information content (AvgIpc) is 2.33. The lowest BCUT2D eigenvalue weighted by Gasteiger charge is -2.04. The lowest BCUT2D eigenvalue weighted by Crippen LogP contribution is -1.93. The highest BCUT2D eigenvalue weighted by molar-refractivity contribution is 5.65. The molecule has 0 radical (unpaired) electrons. The molecule has 1 aromatic heterocycles. The van der Waals surface area contributed by atoms with Crippen LogP contribution >= 0.6 is 0 Å². The van der Waals surface area contributed by atoms with E-state index in [9.17, 15) is 10.1 Å². The summed E-state index contributed by atoms with van der Waals surface area (Å²) < 4.78 is 0. The van der Waals surface area contributed by atoms with Crippen molar-refractivity contribution in [3.8, 4) is 11.3 Å². The standard InChI is InChI=1S/C12H11N3O2/c1-8-5-12(14-7-11(8)13)9-3-2-4-10(6-9)15(16)17/h2-7H,13H2,1H3. The summed E-state index contributed by atoms with van der Waals surface area (Å²) >= 11 is 0. The van der Waals surface area contributed by atoms with Gasteiger partial charge in [0, 0.05) is 17.7 Å². The van der Waals surface area contributed by atoms with E-state index in [0.29, 0.717) is 16.9 Å². The van der Waals surface area contributed by atoms with Crippen molar-refractivity contribution in [2.75, 3.05) is 5.73 Å². The molecule has 2 aromatic rings. The molecule has 2 rings (SSSR count). The highest BCUT2D eigenvalue weighted by Crippen LogP contribution is 2.24. The van der Waals surface area contributed by atoms with Gasteiger partial charge in [-0.25, -0.2) is 0 Å². The molecule has 0 saturated heterocycles. The van der Waals surface area contributed by atoms with E-state index in [1.807, 2.05) is 13.0 Å². The van der Waals surface area contributed by atoms with Gasteiger partial charge in [0.05, 0.1) is 22.5 Å². The van der Waals surface area contributed by atoms with Crippen molar-refractivity contribution in [3.63, 3.8) is 0 Å². The molecule has 0 spiro atoms. The van der Waals surface area contributed by atoms with Gasteiger partial charge in [-0.2, -0.15) is 0 Å². The minimum atomic E-state index is -0.423. The number of nitrogens with zero attached hydrogens (tertiary/aromatic N) is 2. The topological polar surface area (TPSA) is 82.0 Å². The van der Waals surface area contributed by atoms with Gasteiger partial charge in [0.15, 0.2) is 0 Å². The van der Waals surface area contributed by atoms with Crippen LogP contribution in [0.2, 0.25) is 0 Å². The zero-order valence-electron chi connectivity index (χ0n) is 9.25. The van der Waals surface area contributed by atoms with Crippen LogP contribution in [0.15, 0.2) is 36.5 Å². The minimum absolute atomic E-state index is 0.0544. The molecule has 86 valence electrons. The zero-order valence-corrected chi connectivity index (χ0v) is 9.25. The molecule has 2 N–H and O–H groups in total. The summed E-state index contributed by atoms with van der Waals surface area (Å²) in [7, 11) is 0. The van der Waals surface area contributed by atoms with Gasteiger partial charge in [-0.15, -0.1) is 0 Å². The van der Waals surface area contributed by atoms with E-state index in [0.717, 1.165) is 5.56 Å². The third-order valence-corrected chi connectivity index (χ3v) is 2.50. The molecule has 0 bridgehead atoms. The highest BCUT2D eigenvalue weighted by atomic mass is 16.6. The van der Waals surface area contributed by atoms with Crippen LogP contribution < -0.4 is 5.73 Å². The molecule has 5 nitrogen and oxygen atoms in total. The molecular formula is C12H11N3O2. The van der Waals surface area contributed by atoms with Gasteiger partial charge in [0.1, 0.15) is 0 Å². The number of benzene rings is 1. The van der Waals surface area contributed by atoms with Gasteiger partial charge in [-0.05, 0) is 18.6 Å². The minimum Gasteiger partial charge on any atom is -0.397 e.